The molecule has 1 aliphatic heterocycles. The van der Waals surface area contributed by atoms with E-state index in [0.717, 1.165) is 38.2 Å². The van der Waals surface area contributed by atoms with Gasteiger partial charge in [0, 0.05) is 18.2 Å². The summed E-state index contributed by atoms with van der Waals surface area (Å²) in [6.07, 6.45) is 1.87. The van der Waals surface area contributed by atoms with Crippen LogP contribution in [0.2, 0.25) is 0 Å². The molecule has 0 saturated carbocycles. The van der Waals surface area contributed by atoms with Crippen molar-refractivity contribution < 1.29 is 4.79 Å². The third-order valence-electron chi connectivity index (χ3n) is 3.61. The van der Waals surface area contributed by atoms with Crippen LogP contribution in [0.5, 0.6) is 0 Å². The highest BCUT2D eigenvalue weighted by Crippen LogP contribution is 2.19. The van der Waals surface area contributed by atoms with Gasteiger partial charge in [-0.25, -0.2) is 0 Å². The zero-order valence-electron chi connectivity index (χ0n) is 13.1. The Labute approximate surface area is 133 Å². The number of benzene rings is 1. The standard InChI is InChI=1S/C16H25N3O.ClH/c1-12-8-13(11-19(2)3)10-15(9-12)18-16(20)14-4-6-17-7-5-14;/h8-10,14,17H,4-7,11H2,1-3H3,(H,18,20);1H. The number of rotatable bonds is 4. The van der Waals surface area contributed by atoms with Crippen molar-refractivity contribution in [2.75, 3.05) is 32.5 Å². The van der Waals surface area contributed by atoms with E-state index in [2.05, 4.69) is 48.7 Å². The van der Waals surface area contributed by atoms with E-state index in [4.69, 9.17) is 0 Å². The van der Waals surface area contributed by atoms with Crippen molar-refractivity contribution in [3.63, 3.8) is 0 Å². The average molecular weight is 312 g/mol. The Morgan fingerprint density at radius 2 is 1.95 bits per heavy atom. The molecule has 0 aromatic heterocycles. The first-order valence-electron chi connectivity index (χ1n) is 7.31. The second kappa shape index (κ2) is 8.37. The summed E-state index contributed by atoms with van der Waals surface area (Å²) in [4.78, 5) is 14.4. The van der Waals surface area contributed by atoms with E-state index in [-0.39, 0.29) is 24.2 Å². The normalized spacial score (nSPS) is 15.6. The number of carbonyl (C=O) groups is 1. The number of carbonyl (C=O) groups excluding carboxylic acids is 1. The molecular weight excluding hydrogens is 286 g/mol. The van der Waals surface area contributed by atoms with Crippen LogP contribution in [0.25, 0.3) is 0 Å². The Morgan fingerprint density at radius 1 is 1.29 bits per heavy atom. The highest BCUT2D eigenvalue weighted by Gasteiger charge is 2.20. The van der Waals surface area contributed by atoms with Gasteiger partial charge in [0.1, 0.15) is 0 Å². The summed E-state index contributed by atoms with van der Waals surface area (Å²) >= 11 is 0. The smallest absolute Gasteiger partial charge is 0.227 e. The Morgan fingerprint density at radius 3 is 2.57 bits per heavy atom. The van der Waals surface area contributed by atoms with Gasteiger partial charge in [0.15, 0.2) is 0 Å². The lowest BCUT2D eigenvalue weighted by atomic mass is 9.97. The van der Waals surface area contributed by atoms with Crippen LogP contribution in [0.1, 0.15) is 24.0 Å². The lowest BCUT2D eigenvalue weighted by Gasteiger charge is -2.22. The number of halogens is 1. The molecule has 1 aromatic rings. The zero-order chi connectivity index (χ0) is 14.5. The van der Waals surface area contributed by atoms with E-state index in [1.165, 1.54) is 11.1 Å². The molecule has 1 aliphatic rings. The zero-order valence-corrected chi connectivity index (χ0v) is 13.9. The van der Waals surface area contributed by atoms with Crippen molar-refractivity contribution in [3.8, 4) is 0 Å². The summed E-state index contributed by atoms with van der Waals surface area (Å²) in [5.41, 5.74) is 3.34. The molecule has 2 N–H and O–H groups in total. The number of amides is 1. The molecule has 0 aliphatic carbocycles. The van der Waals surface area contributed by atoms with Gasteiger partial charge in [0.2, 0.25) is 5.91 Å². The van der Waals surface area contributed by atoms with Crippen LogP contribution in [0.4, 0.5) is 5.69 Å². The molecule has 1 saturated heterocycles. The minimum Gasteiger partial charge on any atom is -0.326 e. The molecule has 1 amide bonds. The lowest BCUT2D eigenvalue weighted by molar-refractivity contribution is -0.120. The molecular formula is C16H26ClN3O. The third-order valence-corrected chi connectivity index (χ3v) is 3.61. The maximum absolute atomic E-state index is 12.3. The fraction of sp³-hybridized carbons (Fsp3) is 0.562. The molecule has 0 spiro atoms. The van der Waals surface area contributed by atoms with Gasteiger partial charge in [0.05, 0.1) is 0 Å². The van der Waals surface area contributed by atoms with Crippen LogP contribution in [-0.4, -0.2) is 38.0 Å². The highest BCUT2D eigenvalue weighted by molar-refractivity contribution is 5.92. The van der Waals surface area contributed by atoms with Gasteiger partial charge in [-0.15, -0.1) is 12.4 Å². The number of anilines is 1. The topological polar surface area (TPSA) is 44.4 Å². The quantitative estimate of drug-likeness (QED) is 0.897. The van der Waals surface area contributed by atoms with Crippen LogP contribution in [0.3, 0.4) is 0 Å². The molecule has 2 rings (SSSR count). The van der Waals surface area contributed by atoms with Crippen LogP contribution < -0.4 is 10.6 Å². The molecule has 0 bridgehead atoms. The molecule has 0 unspecified atom stereocenters. The molecule has 118 valence electrons. The summed E-state index contributed by atoms with van der Waals surface area (Å²) in [6, 6.07) is 6.28. The maximum Gasteiger partial charge on any atom is 0.227 e. The summed E-state index contributed by atoms with van der Waals surface area (Å²) in [7, 11) is 4.10. The molecule has 21 heavy (non-hydrogen) atoms. The second-order valence-electron chi connectivity index (χ2n) is 5.96. The van der Waals surface area contributed by atoms with Crippen LogP contribution >= 0.6 is 12.4 Å². The number of hydrogen-bond donors (Lipinski definition) is 2. The fourth-order valence-corrected chi connectivity index (χ4v) is 2.72. The monoisotopic (exact) mass is 311 g/mol. The summed E-state index contributed by atoms with van der Waals surface area (Å²) in [5, 5.41) is 6.37. The van der Waals surface area contributed by atoms with Crippen molar-refractivity contribution in [3.05, 3.63) is 29.3 Å². The Balaban J connectivity index is 0.00000220. The number of aryl methyl sites for hydroxylation is 1. The Kier molecular flexibility index (Phi) is 7.15. The summed E-state index contributed by atoms with van der Waals surface area (Å²) in [6.45, 7) is 4.84. The number of nitrogens with one attached hydrogen (secondary N) is 2. The third kappa shape index (κ3) is 5.65. The molecule has 1 fully saturated rings. The van der Waals surface area contributed by atoms with Crippen molar-refractivity contribution in [1.82, 2.24) is 10.2 Å². The highest BCUT2D eigenvalue weighted by atomic mass is 35.5. The second-order valence-corrected chi connectivity index (χ2v) is 5.96. The van der Waals surface area contributed by atoms with Gasteiger partial charge >= 0.3 is 0 Å². The van der Waals surface area contributed by atoms with Gasteiger partial charge < -0.3 is 15.5 Å². The minimum absolute atomic E-state index is 0. The largest absolute Gasteiger partial charge is 0.326 e. The van der Waals surface area contributed by atoms with Crippen LogP contribution in [0, 0.1) is 12.8 Å². The van der Waals surface area contributed by atoms with E-state index in [1.54, 1.807) is 0 Å². The molecule has 5 heteroatoms. The van der Waals surface area contributed by atoms with E-state index in [9.17, 15) is 4.79 Å². The van der Waals surface area contributed by atoms with Crippen LogP contribution in [-0.2, 0) is 11.3 Å². The number of nitrogens with zero attached hydrogens (tertiary/aromatic N) is 1. The SMILES string of the molecule is Cc1cc(CN(C)C)cc(NC(=O)C2CCNCC2)c1.Cl. The van der Waals surface area contributed by atoms with Gasteiger partial charge in [-0.05, 0) is 70.2 Å². The van der Waals surface area contributed by atoms with Crippen molar-refractivity contribution in [1.29, 1.82) is 0 Å². The van der Waals surface area contributed by atoms with Crippen molar-refractivity contribution >= 4 is 24.0 Å². The van der Waals surface area contributed by atoms with E-state index in [0.29, 0.717) is 0 Å². The van der Waals surface area contributed by atoms with Crippen molar-refractivity contribution in [2.24, 2.45) is 5.92 Å². The number of piperidine rings is 1. The summed E-state index contributed by atoms with van der Waals surface area (Å²) < 4.78 is 0. The minimum atomic E-state index is 0. The molecule has 4 nitrogen and oxygen atoms in total. The van der Waals surface area contributed by atoms with Crippen LogP contribution in [0.15, 0.2) is 18.2 Å². The molecule has 1 heterocycles. The Hall–Kier alpha value is -1.10. The molecule has 0 atom stereocenters. The average Bonchev–Trinajstić information content (AvgIpc) is 2.38. The first-order valence-corrected chi connectivity index (χ1v) is 7.31. The summed E-state index contributed by atoms with van der Waals surface area (Å²) in [5.74, 6) is 0.307. The van der Waals surface area contributed by atoms with E-state index >= 15 is 0 Å². The predicted molar refractivity (Wildman–Crippen MR) is 90.0 cm³/mol. The first kappa shape index (κ1) is 18.0. The molecule has 1 aromatic carbocycles. The maximum atomic E-state index is 12.3. The predicted octanol–water partition coefficient (Wildman–Crippen LogP) is 2.42. The van der Waals surface area contributed by atoms with Crippen molar-refractivity contribution in [2.45, 2.75) is 26.3 Å². The lowest BCUT2D eigenvalue weighted by Crippen LogP contribution is -2.34. The fourth-order valence-electron chi connectivity index (χ4n) is 2.72. The van der Waals surface area contributed by atoms with Gasteiger partial charge in [-0.2, -0.15) is 0 Å². The molecule has 0 radical (unpaired) electrons. The van der Waals surface area contributed by atoms with E-state index in [1.807, 2.05) is 6.07 Å². The first-order chi connectivity index (χ1) is 9.54. The van der Waals surface area contributed by atoms with Gasteiger partial charge in [0.25, 0.3) is 0 Å². The Bertz CT molecular complexity index is 471. The van der Waals surface area contributed by atoms with Gasteiger partial charge in [-0.1, -0.05) is 6.07 Å². The van der Waals surface area contributed by atoms with E-state index < -0.39 is 0 Å². The number of hydrogen-bond acceptors (Lipinski definition) is 3. The van der Waals surface area contributed by atoms with Gasteiger partial charge in [-0.3, -0.25) is 4.79 Å².